The van der Waals surface area contributed by atoms with Gasteiger partial charge in [-0.25, -0.2) is 23.7 Å². The Kier molecular flexibility index (Phi) is 9.69. The van der Waals surface area contributed by atoms with E-state index >= 15 is 0 Å². The second-order valence-corrected chi connectivity index (χ2v) is 14.4. The highest BCUT2D eigenvalue weighted by Crippen LogP contribution is 2.33. The summed E-state index contributed by atoms with van der Waals surface area (Å²) in [5.41, 5.74) is -0.105. The predicted octanol–water partition coefficient (Wildman–Crippen LogP) is 6.18. The Morgan fingerprint density at radius 2 is 1.61 bits per heavy atom. The van der Waals surface area contributed by atoms with Crippen molar-refractivity contribution in [3.63, 3.8) is 0 Å². The van der Waals surface area contributed by atoms with Gasteiger partial charge in [-0.05, 0) is 69.0 Å². The largest absolute Gasteiger partial charge is 0.416 e. The number of aromatic nitrogens is 4. The van der Waals surface area contributed by atoms with Gasteiger partial charge in [0.25, 0.3) is 0 Å². The van der Waals surface area contributed by atoms with Crippen molar-refractivity contribution in [3.8, 4) is 22.8 Å². The van der Waals surface area contributed by atoms with Gasteiger partial charge in [0.1, 0.15) is 5.69 Å². The van der Waals surface area contributed by atoms with Crippen molar-refractivity contribution in [1.29, 1.82) is 0 Å². The van der Waals surface area contributed by atoms with Gasteiger partial charge in [0.2, 0.25) is 5.91 Å². The molecule has 3 heterocycles. The lowest BCUT2D eigenvalue weighted by atomic mass is 9.84. The number of amides is 2. The van der Waals surface area contributed by atoms with Crippen LogP contribution in [0.5, 0.6) is 0 Å². The van der Waals surface area contributed by atoms with Crippen LogP contribution in [0.3, 0.4) is 0 Å². The van der Waals surface area contributed by atoms with Gasteiger partial charge in [0.15, 0.2) is 5.69 Å². The number of alkyl halides is 3. The van der Waals surface area contributed by atoms with Crippen molar-refractivity contribution >= 4 is 17.6 Å². The highest BCUT2D eigenvalue weighted by atomic mass is 19.4. The van der Waals surface area contributed by atoms with Gasteiger partial charge in [0, 0.05) is 37.9 Å². The maximum atomic E-state index is 14.2. The van der Waals surface area contributed by atoms with E-state index in [-0.39, 0.29) is 34.9 Å². The molecule has 2 aromatic heterocycles. The molecular formula is C37H42F3N8O3+. The molecule has 268 valence electrons. The van der Waals surface area contributed by atoms with Crippen LogP contribution in [0.1, 0.15) is 49.8 Å². The Balaban J connectivity index is 1.28. The molecule has 1 saturated carbocycles. The van der Waals surface area contributed by atoms with Gasteiger partial charge >= 0.3 is 17.9 Å². The molecule has 1 saturated heterocycles. The van der Waals surface area contributed by atoms with Crippen LogP contribution in [0, 0.1) is 19.4 Å². The predicted molar refractivity (Wildman–Crippen MR) is 186 cm³/mol. The van der Waals surface area contributed by atoms with Crippen LogP contribution >= 0.6 is 0 Å². The fourth-order valence-corrected chi connectivity index (χ4v) is 7.42. The third kappa shape index (κ3) is 7.21. The number of carbonyl (C=O) groups excluding carboxylic acids is 2. The van der Waals surface area contributed by atoms with Crippen molar-refractivity contribution in [2.45, 2.75) is 63.7 Å². The first-order valence-electron chi connectivity index (χ1n) is 17.1. The van der Waals surface area contributed by atoms with Crippen LogP contribution in [0.4, 0.5) is 23.7 Å². The van der Waals surface area contributed by atoms with Crippen LogP contribution in [0.25, 0.3) is 27.6 Å². The number of imidazole rings is 1. The zero-order valence-corrected chi connectivity index (χ0v) is 29.2. The van der Waals surface area contributed by atoms with E-state index in [2.05, 4.69) is 36.4 Å². The van der Waals surface area contributed by atoms with Gasteiger partial charge in [-0.3, -0.25) is 9.36 Å². The van der Waals surface area contributed by atoms with Crippen molar-refractivity contribution in [3.05, 3.63) is 94.0 Å². The molecule has 0 radical (unpaired) electrons. The van der Waals surface area contributed by atoms with Crippen LogP contribution in [0.2, 0.25) is 0 Å². The molecule has 1 aliphatic heterocycles. The Morgan fingerprint density at radius 1 is 0.941 bits per heavy atom. The number of benzene rings is 2. The number of quaternary nitrogens is 1. The maximum absolute atomic E-state index is 14.2. The Labute approximate surface area is 294 Å². The summed E-state index contributed by atoms with van der Waals surface area (Å²) in [6.07, 6.45) is 1.05. The lowest BCUT2D eigenvalue weighted by Crippen LogP contribution is -2.53. The lowest BCUT2D eigenvalue weighted by molar-refractivity contribution is -0.897. The smallest absolute Gasteiger partial charge is 0.342 e. The maximum Gasteiger partial charge on any atom is 0.416 e. The minimum absolute atomic E-state index is 0.0444. The van der Waals surface area contributed by atoms with Gasteiger partial charge in [0.05, 0.1) is 68.3 Å². The Bertz CT molecular complexity index is 2020. The van der Waals surface area contributed by atoms with Crippen molar-refractivity contribution in [1.82, 2.24) is 29.1 Å². The Morgan fingerprint density at radius 3 is 2.22 bits per heavy atom. The van der Waals surface area contributed by atoms with Gasteiger partial charge in [-0.2, -0.15) is 18.3 Å². The first-order chi connectivity index (χ1) is 24.2. The number of likely N-dealkylation sites (tertiary alicyclic amines) is 1. The molecule has 0 spiro atoms. The molecule has 14 heteroatoms. The van der Waals surface area contributed by atoms with E-state index in [1.165, 1.54) is 23.0 Å². The topological polar surface area (TPSA) is 98.5 Å². The van der Waals surface area contributed by atoms with Crippen molar-refractivity contribution < 1.29 is 27.2 Å². The third-order valence-electron chi connectivity index (χ3n) is 10.3. The van der Waals surface area contributed by atoms with Crippen LogP contribution in [0.15, 0.2) is 65.6 Å². The average molecular weight is 704 g/mol. The normalized spacial score (nSPS) is 18.7. The Hall–Kier alpha value is -5.16. The SMILES string of the molecule is [C-]#[N+]c1ccc(-n2nccc2-c2c(C)n(-c3cccc(C(F)(F)F)c3)c(=O)n2C(=O)NC2CCC(C(=O)N3CCC([N+](C)(C)C)CC3)CC2)cc1. The molecule has 0 bridgehead atoms. The molecule has 0 atom stereocenters. The van der Waals surface area contributed by atoms with Crippen LogP contribution < -0.4 is 11.0 Å². The van der Waals surface area contributed by atoms with E-state index < -0.39 is 23.5 Å². The van der Waals surface area contributed by atoms with Gasteiger partial charge in [-0.1, -0.05) is 18.2 Å². The molecule has 2 aliphatic rings. The highest BCUT2D eigenvalue weighted by Gasteiger charge is 2.36. The molecule has 51 heavy (non-hydrogen) atoms. The molecule has 1 aliphatic carbocycles. The van der Waals surface area contributed by atoms with Crippen LogP contribution in [-0.2, 0) is 11.0 Å². The summed E-state index contributed by atoms with van der Waals surface area (Å²) in [6, 6.07) is 12.1. The first kappa shape index (κ1) is 35.7. The second-order valence-electron chi connectivity index (χ2n) is 14.4. The monoisotopic (exact) mass is 703 g/mol. The number of nitrogens with one attached hydrogen (secondary N) is 1. The van der Waals surface area contributed by atoms with E-state index in [1.54, 1.807) is 37.3 Å². The summed E-state index contributed by atoms with van der Waals surface area (Å²) in [7, 11) is 6.54. The quantitative estimate of drug-likeness (QED) is 0.192. The minimum atomic E-state index is -4.64. The van der Waals surface area contributed by atoms with E-state index in [1.807, 2.05) is 4.90 Å². The van der Waals surface area contributed by atoms with Crippen molar-refractivity contribution in [2.75, 3.05) is 34.2 Å². The molecule has 11 nitrogen and oxygen atoms in total. The third-order valence-corrected chi connectivity index (χ3v) is 10.3. The number of halogens is 3. The fraction of sp³-hybridized carbons (Fsp3) is 0.432. The van der Waals surface area contributed by atoms with Gasteiger partial charge in [-0.15, -0.1) is 0 Å². The number of piperidine rings is 1. The summed E-state index contributed by atoms with van der Waals surface area (Å²) in [5, 5.41) is 7.39. The molecule has 0 unspecified atom stereocenters. The summed E-state index contributed by atoms with van der Waals surface area (Å²) >= 11 is 0. The number of nitrogens with zero attached hydrogens (tertiary/aromatic N) is 7. The standard InChI is InChI=1S/C37H41F3N8O3/c1-24-33(32-17-20-42-47(32)29-15-13-27(41-2)14-16-29)46(36(51)45(24)30-8-6-7-26(23-30)37(38,39)40)35(50)43-28-11-9-25(10-12-28)34(49)44-21-18-31(19-22-44)48(3,4)5/h6-8,13-17,20,23,25,28,31H,9-12,18-19,21-22H2,1,3-5H3/p+1. The van der Waals surface area contributed by atoms with E-state index in [4.69, 9.17) is 6.57 Å². The average Bonchev–Trinajstić information content (AvgIpc) is 3.69. The van der Waals surface area contributed by atoms with E-state index in [0.717, 1.165) is 51.7 Å². The number of hydrogen-bond acceptors (Lipinski definition) is 4. The molecule has 6 rings (SSSR count). The minimum Gasteiger partial charge on any atom is -0.342 e. The fourth-order valence-electron chi connectivity index (χ4n) is 7.42. The number of carbonyl (C=O) groups is 2. The molecular weight excluding hydrogens is 661 g/mol. The number of rotatable bonds is 6. The summed E-state index contributed by atoms with van der Waals surface area (Å²) in [4.78, 5) is 47.1. The molecule has 2 fully saturated rings. The number of hydrogen-bond donors (Lipinski definition) is 1. The summed E-state index contributed by atoms with van der Waals surface area (Å²) in [5.74, 6) is 0.0227. The van der Waals surface area contributed by atoms with E-state index in [0.29, 0.717) is 48.8 Å². The first-order valence-corrected chi connectivity index (χ1v) is 17.1. The van der Waals surface area contributed by atoms with Gasteiger partial charge < -0.3 is 14.7 Å². The zero-order chi connectivity index (χ0) is 36.7. The molecule has 4 aromatic rings. The summed E-state index contributed by atoms with van der Waals surface area (Å²) < 4.78 is 45.6. The van der Waals surface area contributed by atoms with E-state index in [9.17, 15) is 27.6 Å². The lowest BCUT2D eigenvalue weighted by Gasteiger charge is -2.41. The molecule has 2 aromatic carbocycles. The highest BCUT2D eigenvalue weighted by molar-refractivity contribution is 5.84. The molecule has 1 N–H and O–H groups in total. The van der Waals surface area contributed by atoms with Crippen molar-refractivity contribution in [2.24, 2.45) is 5.92 Å². The zero-order valence-electron chi connectivity index (χ0n) is 29.2. The van der Waals surface area contributed by atoms with Crippen LogP contribution in [-0.4, -0.2) is 86.6 Å². The molecule has 2 amide bonds. The second kappa shape index (κ2) is 13.9. The summed E-state index contributed by atoms with van der Waals surface area (Å²) in [6.45, 7) is 10.3.